The molecule has 18 heavy (non-hydrogen) atoms. The first kappa shape index (κ1) is 12.0. The monoisotopic (exact) mass is 268 g/mol. The van der Waals surface area contributed by atoms with E-state index in [1.165, 1.54) is 17.5 Å². The van der Waals surface area contributed by atoms with Gasteiger partial charge in [0.15, 0.2) is 0 Å². The van der Waals surface area contributed by atoms with Gasteiger partial charge in [0.1, 0.15) is 5.02 Å². The van der Waals surface area contributed by atoms with Gasteiger partial charge < -0.3 is 5.32 Å². The van der Waals surface area contributed by atoms with Crippen molar-refractivity contribution < 1.29 is 0 Å². The Bertz CT molecular complexity index is 511. The molecule has 1 aromatic heterocycles. The maximum atomic E-state index is 11.7. The van der Waals surface area contributed by atoms with Gasteiger partial charge in [-0.2, -0.15) is 5.10 Å². The van der Waals surface area contributed by atoms with Crippen LogP contribution >= 0.6 is 11.6 Å². The van der Waals surface area contributed by atoms with Crippen molar-refractivity contribution in [1.29, 1.82) is 0 Å². The smallest absolute Gasteiger partial charge is 0.287 e. The third-order valence-corrected chi connectivity index (χ3v) is 4.09. The number of anilines is 1. The van der Waals surface area contributed by atoms with Crippen LogP contribution in [0.5, 0.6) is 0 Å². The summed E-state index contributed by atoms with van der Waals surface area (Å²) in [4.78, 5) is 14.2. The molecule has 1 saturated heterocycles. The van der Waals surface area contributed by atoms with Crippen molar-refractivity contribution in [3.8, 4) is 0 Å². The van der Waals surface area contributed by atoms with Crippen LogP contribution in [0, 0.1) is 0 Å². The minimum Gasteiger partial charge on any atom is -0.378 e. The number of halogens is 1. The van der Waals surface area contributed by atoms with Gasteiger partial charge in [-0.05, 0) is 19.3 Å². The van der Waals surface area contributed by atoms with Crippen LogP contribution in [0.2, 0.25) is 5.02 Å². The van der Waals surface area contributed by atoms with E-state index in [0.717, 1.165) is 25.6 Å². The quantitative estimate of drug-likeness (QED) is 0.891. The molecule has 1 aliphatic heterocycles. The lowest BCUT2D eigenvalue weighted by Crippen LogP contribution is -2.29. The van der Waals surface area contributed by atoms with Gasteiger partial charge in [-0.1, -0.05) is 11.6 Å². The SMILES string of the molecule is Cn1ncc(NC2CCN(C3CC3)C2)c(Cl)c1=O. The molecule has 98 valence electrons. The topological polar surface area (TPSA) is 50.2 Å². The highest BCUT2D eigenvalue weighted by molar-refractivity contribution is 6.32. The standard InChI is InChI=1S/C12H17ClN4O/c1-16-12(18)11(13)10(6-14-16)15-8-4-5-17(7-8)9-2-3-9/h6,8-9,15H,2-5,7H2,1H3. The van der Waals surface area contributed by atoms with Crippen LogP contribution in [0.25, 0.3) is 0 Å². The number of likely N-dealkylation sites (tertiary alicyclic amines) is 1. The summed E-state index contributed by atoms with van der Waals surface area (Å²) in [6.45, 7) is 2.18. The molecule has 0 radical (unpaired) electrons. The first-order valence-electron chi connectivity index (χ1n) is 6.37. The van der Waals surface area contributed by atoms with Crippen LogP contribution in [-0.2, 0) is 7.05 Å². The number of hydrogen-bond donors (Lipinski definition) is 1. The third kappa shape index (κ3) is 2.24. The van der Waals surface area contributed by atoms with Gasteiger partial charge in [-0.25, -0.2) is 4.68 Å². The molecule has 1 unspecified atom stereocenters. The van der Waals surface area contributed by atoms with E-state index >= 15 is 0 Å². The molecular formula is C12H17ClN4O. The van der Waals surface area contributed by atoms with Crippen molar-refractivity contribution in [2.75, 3.05) is 18.4 Å². The largest absolute Gasteiger partial charge is 0.378 e. The van der Waals surface area contributed by atoms with E-state index in [-0.39, 0.29) is 10.6 Å². The maximum Gasteiger partial charge on any atom is 0.287 e. The molecule has 1 aromatic rings. The molecule has 2 fully saturated rings. The van der Waals surface area contributed by atoms with Gasteiger partial charge in [0.2, 0.25) is 0 Å². The molecule has 2 aliphatic rings. The second kappa shape index (κ2) is 4.55. The zero-order chi connectivity index (χ0) is 12.7. The average Bonchev–Trinajstić information content (AvgIpc) is 3.11. The Morgan fingerprint density at radius 1 is 1.44 bits per heavy atom. The highest BCUT2D eigenvalue weighted by Crippen LogP contribution is 2.30. The summed E-state index contributed by atoms with van der Waals surface area (Å²) in [6.07, 6.45) is 5.40. The molecule has 6 heteroatoms. The van der Waals surface area contributed by atoms with E-state index in [1.807, 2.05) is 0 Å². The Hall–Kier alpha value is -1.07. The van der Waals surface area contributed by atoms with Crippen molar-refractivity contribution in [1.82, 2.24) is 14.7 Å². The first-order valence-corrected chi connectivity index (χ1v) is 6.75. The third-order valence-electron chi connectivity index (χ3n) is 3.72. The Kier molecular flexibility index (Phi) is 3.03. The van der Waals surface area contributed by atoms with Crippen molar-refractivity contribution in [2.45, 2.75) is 31.3 Å². The Balaban J connectivity index is 1.69. The second-order valence-electron chi connectivity index (χ2n) is 5.16. The molecule has 1 N–H and O–H groups in total. The van der Waals surface area contributed by atoms with Gasteiger partial charge in [0.05, 0.1) is 11.9 Å². The highest BCUT2D eigenvalue weighted by Gasteiger charge is 2.34. The number of aryl methyl sites for hydroxylation is 1. The van der Waals surface area contributed by atoms with Gasteiger partial charge >= 0.3 is 0 Å². The highest BCUT2D eigenvalue weighted by atomic mass is 35.5. The van der Waals surface area contributed by atoms with Gasteiger partial charge in [-0.15, -0.1) is 0 Å². The van der Waals surface area contributed by atoms with Crippen molar-refractivity contribution >= 4 is 17.3 Å². The van der Waals surface area contributed by atoms with Crippen LogP contribution in [0.15, 0.2) is 11.0 Å². The Labute approximate surface area is 111 Å². The minimum atomic E-state index is -0.251. The molecule has 0 aromatic carbocycles. The number of nitrogens with one attached hydrogen (secondary N) is 1. The molecule has 1 saturated carbocycles. The minimum absolute atomic E-state index is 0.234. The molecule has 0 spiro atoms. The van der Waals surface area contributed by atoms with Crippen LogP contribution < -0.4 is 10.9 Å². The summed E-state index contributed by atoms with van der Waals surface area (Å²) in [6, 6.07) is 1.17. The average molecular weight is 269 g/mol. The van der Waals surface area contributed by atoms with E-state index in [1.54, 1.807) is 13.2 Å². The first-order chi connectivity index (χ1) is 8.65. The fraction of sp³-hybridized carbons (Fsp3) is 0.667. The van der Waals surface area contributed by atoms with Crippen LogP contribution in [0.4, 0.5) is 5.69 Å². The molecule has 1 atom stereocenters. The molecule has 5 nitrogen and oxygen atoms in total. The fourth-order valence-electron chi connectivity index (χ4n) is 2.51. The lowest BCUT2D eigenvalue weighted by molar-refractivity contribution is 0.326. The summed E-state index contributed by atoms with van der Waals surface area (Å²) in [5.74, 6) is 0. The molecular weight excluding hydrogens is 252 g/mol. The summed E-state index contributed by atoms with van der Waals surface area (Å²) in [7, 11) is 1.60. The van der Waals surface area contributed by atoms with Crippen molar-refractivity contribution in [3.05, 3.63) is 21.6 Å². The molecule has 0 bridgehead atoms. The number of hydrogen-bond acceptors (Lipinski definition) is 4. The van der Waals surface area contributed by atoms with Crippen molar-refractivity contribution in [2.24, 2.45) is 7.05 Å². The second-order valence-corrected chi connectivity index (χ2v) is 5.53. The van der Waals surface area contributed by atoms with E-state index in [2.05, 4.69) is 15.3 Å². The van der Waals surface area contributed by atoms with Gasteiger partial charge in [0.25, 0.3) is 5.56 Å². The Morgan fingerprint density at radius 2 is 2.22 bits per heavy atom. The van der Waals surface area contributed by atoms with E-state index in [9.17, 15) is 4.79 Å². The van der Waals surface area contributed by atoms with Crippen LogP contribution in [-0.4, -0.2) is 39.9 Å². The summed E-state index contributed by atoms with van der Waals surface area (Å²) in [5, 5.41) is 7.57. The summed E-state index contributed by atoms with van der Waals surface area (Å²) >= 11 is 6.04. The molecule has 3 rings (SSSR count). The molecule has 2 heterocycles. The predicted octanol–water partition coefficient (Wildman–Crippen LogP) is 1.08. The number of rotatable bonds is 3. The van der Waals surface area contributed by atoms with Crippen LogP contribution in [0.1, 0.15) is 19.3 Å². The lowest BCUT2D eigenvalue weighted by Gasteiger charge is -2.17. The zero-order valence-electron chi connectivity index (χ0n) is 10.4. The molecule has 0 amide bonds. The summed E-state index contributed by atoms with van der Waals surface area (Å²) in [5.41, 5.74) is 0.404. The van der Waals surface area contributed by atoms with E-state index in [0.29, 0.717) is 11.7 Å². The Morgan fingerprint density at radius 3 is 2.94 bits per heavy atom. The van der Waals surface area contributed by atoms with Gasteiger partial charge in [-0.3, -0.25) is 9.69 Å². The van der Waals surface area contributed by atoms with Gasteiger partial charge in [0, 0.05) is 32.2 Å². The van der Waals surface area contributed by atoms with E-state index in [4.69, 9.17) is 11.6 Å². The van der Waals surface area contributed by atoms with Crippen molar-refractivity contribution in [3.63, 3.8) is 0 Å². The summed E-state index contributed by atoms with van der Waals surface area (Å²) < 4.78 is 1.25. The molecule has 1 aliphatic carbocycles. The maximum absolute atomic E-state index is 11.7. The predicted molar refractivity (Wildman–Crippen MR) is 71.1 cm³/mol. The number of aromatic nitrogens is 2. The zero-order valence-corrected chi connectivity index (χ0v) is 11.2. The normalized spacial score (nSPS) is 24.4. The fourth-order valence-corrected chi connectivity index (χ4v) is 2.73. The van der Waals surface area contributed by atoms with E-state index < -0.39 is 0 Å². The number of nitrogens with zero attached hydrogens (tertiary/aromatic N) is 3. The lowest BCUT2D eigenvalue weighted by atomic mass is 10.2. The van der Waals surface area contributed by atoms with Crippen LogP contribution in [0.3, 0.4) is 0 Å².